The van der Waals surface area contributed by atoms with Crippen molar-refractivity contribution >= 4 is 17.2 Å². The van der Waals surface area contributed by atoms with Crippen LogP contribution in [0.15, 0.2) is 48.7 Å². The number of aldehydes is 1. The average Bonchev–Trinajstić information content (AvgIpc) is 2.90. The van der Waals surface area contributed by atoms with Crippen molar-refractivity contribution in [1.29, 1.82) is 0 Å². The SMILES string of the molecule is COc1cccc(Cn2ccc3c(C=O)cccc32)n1. The van der Waals surface area contributed by atoms with Crippen LogP contribution in [-0.2, 0) is 6.54 Å². The molecule has 4 nitrogen and oxygen atoms in total. The van der Waals surface area contributed by atoms with E-state index in [4.69, 9.17) is 4.74 Å². The van der Waals surface area contributed by atoms with Crippen LogP contribution in [0.1, 0.15) is 16.1 Å². The molecule has 0 aliphatic rings. The molecule has 20 heavy (non-hydrogen) atoms. The van der Waals surface area contributed by atoms with Crippen LogP contribution in [0.4, 0.5) is 0 Å². The molecule has 0 aliphatic heterocycles. The Morgan fingerprint density at radius 1 is 1.20 bits per heavy atom. The van der Waals surface area contributed by atoms with Crippen LogP contribution < -0.4 is 4.74 Å². The molecule has 2 heterocycles. The summed E-state index contributed by atoms with van der Waals surface area (Å²) in [4.78, 5) is 15.4. The van der Waals surface area contributed by atoms with Crippen molar-refractivity contribution < 1.29 is 9.53 Å². The highest BCUT2D eigenvalue weighted by atomic mass is 16.5. The first kappa shape index (κ1) is 12.4. The van der Waals surface area contributed by atoms with Crippen LogP contribution >= 0.6 is 0 Å². The van der Waals surface area contributed by atoms with E-state index in [0.717, 1.165) is 22.9 Å². The fraction of sp³-hybridized carbons (Fsp3) is 0.125. The largest absolute Gasteiger partial charge is 0.481 e. The van der Waals surface area contributed by atoms with Gasteiger partial charge in [0.1, 0.15) is 0 Å². The molecular formula is C16H14N2O2. The molecule has 1 aromatic carbocycles. The maximum atomic E-state index is 11.0. The lowest BCUT2D eigenvalue weighted by molar-refractivity contribution is 0.112. The Kier molecular flexibility index (Phi) is 3.21. The van der Waals surface area contributed by atoms with Crippen LogP contribution in [0, 0.1) is 0 Å². The molecule has 0 saturated carbocycles. The first-order valence-electron chi connectivity index (χ1n) is 6.35. The van der Waals surface area contributed by atoms with Crippen molar-refractivity contribution in [3.63, 3.8) is 0 Å². The summed E-state index contributed by atoms with van der Waals surface area (Å²) in [6, 6.07) is 13.4. The molecule has 0 radical (unpaired) electrons. The van der Waals surface area contributed by atoms with Gasteiger partial charge in [0.25, 0.3) is 0 Å². The number of fused-ring (bicyclic) bond motifs is 1. The van der Waals surface area contributed by atoms with Crippen molar-refractivity contribution in [3.05, 3.63) is 59.9 Å². The van der Waals surface area contributed by atoms with Gasteiger partial charge in [-0.25, -0.2) is 4.98 Å². The van der Waals surface area contributed by atoms with E-state index in [1.54, 1.807) is 7.11 Å². The fourth-order valence-electron chi connectivity index (χ4n) is 2.32. The molecule has 3 aromatic rings. The van der Waals surface area contributed by atoms with E-state index in [2.05, 4.69) is 9.55 Å². The van der Waals surface area contributed by atoms with E-state index < -0.39 is 0 Å². The summed E-state index contributed by atoms with van der Waals surface area (Å²) in [6.45, 7) is 0.642. The Morgan fingerprint density at radius 2 is 2.05 bits per heavy atom. The minimum Gasteiger partial charge on any atom is -0.481 e. The number of carbonyl (C=O) groups is 1. The summed E-state index contributed by atoms with van der Waals surface area (Å²) >= 11 is 0. The number of aromatic nitrogens is 2. The molecule has 0 saturated heterocycles. The number of nitrogens with zero attached hydrogens (tertiary/aromatic N) is 2. The molecule has 0 bridgehead atoms. The van der Waals surface area contributed by atoms with Gasteiger partial charge in [-0.2, -0.15) is 0 Å². The summed E-state index contributed by atoms with van der Waals surface area (Å²) in [6.07, 6.45) is 2.86. The summed E-state index contributed by atoms with van der Waals surface area (Å²) < 4.78 is 7.20. The standard InChI is InChI=1S/C16H14N2O2/c1-20-16-7-3-5-13(17-16)10-18-9-8-14-12(11-19)4-2-6-15(14)18/h2-9,11H,10H2,1H3. The van der Waals surface area contributed by atoms with Crippen LogP contribution in [0.5, 0.6) is 5.88 Å². The number of methoxy groups -OCH3 is 1. The molecule has 0 unspecified atom stereocenters. The van der Waals surface area contributed by atoms with Gasteiger partial charge in [-0.05, 0) is 18.2 Å². The molecule has 100 valence electrons. The molecule has 0 N–H and O–H groups in total. The molecule has 3 rings (SSSR count). The Hall–Kier alpha value is -2.62. The predicted molar refractivity (Wildman–Crippen MR) is 77.2 cm³/mol. The molecule has 0 spiro atoms. The second-order valence-electron chi connectivity index (χ2n) is 4.51. The van der Waals surface area contributed by atoms with E-state index in [0.29, 0.717) is 18.0 Å². The second-order valence-corrected chi connectivity index (χ2v) is 4.51. The predicted octanol–water partition coefficient (Wildman–Crippen LogP) is 2.91. The average molecular weight is 266 g/mol. The lowest BCUT2D eigenvalue weighted by Gasteiger charge is -2.07. The third-order valence-corrected chi connectivity index (χ3v) is 3.30. The van der Waals surface area contributed by atoms with Crippen molar-refractivity contribution in [2.45, 2.75) is 6.54 Å². The Bertz CT molecular complexity index is 762. The lowest BCUT2D eigenvalue weighted by atomic mass is 10.1. The number of hydrogen-bond acceptors (Lipinski definition) is 3. The van der Waals surface area contributed by atoms with E-state index in [9.17, 15) is 4.79 Å². The zero-order valence-corrected chi connectivity index (χ0v) is 11.1. The topological polar surface area (TPSA) is 44.1 Å². The highest BCUT2D eigenvalue weighted by Gasteiger charge is 2.06. The number of carbonyl (C=O) groups excluding carboxylic acids is 1. The minimum atomic E-state index is 0.604. The number of rotatable bonds is 4. The van der Waals surface area contributed by atoms with E-state index >= 15 is 0 Å². The van der Waals surface area contributed by atoms with Gasteiger partial charge in [-0.3, -0.25) is 4.79 Å². The highest BCUT2D eigenvalue weighted by molar-refractivity contribution is 5.97. The van der Waals surface area contributed by atoms with E-state index in [1.165, 1.54) is 0 Å². The van der Waals surface area contributed by atoms with Gasteiger partial charge in [0.2, 0.25) is 5.88 Å². The summed E-state index contributed by atoms with van der Waals surface area (Å²) in [7, 11) is 1.60. The molecule has 0 atom stereocenters. The maximum absolute atomic E-state index is 11.0. The van der Waals surface area contributed by atoms with Gasteiger partial charge in [0.05, 0.1) is 19.3 Å². The summed E-state index contributed by atoms with van der Waals surface area (Å²) in [5, 5.41) is 0.963. The molecule has 0 amide bonds. The van der Waals surface area contributed by atoms with Crippen LogP contribution in [-0.4, -0.2) is 22.9 Å². The summed E-state index contributed by atoms with van der Waals surface area (Å²) in [5.41, 5.74) is 2.65. The molecule has 0 aliphatic carbocycles. The van der Waals surface area contributed by atoms with Crippen molar-refractivity contribution in [2.75, 3.05) is 7.11 Å². The van der Waals surface area contributed by atoms with Gasteiger partial charge < -0.3 is 9.30 Å². The Labute approximate surface area is 116 Å². The number of ether oxygens (including phenoxy) is 1. The zero-order chi connectivity index (χ0) is 13.9. The second kappa shape index (κ2) is 5.17. The smallest absolute Gasteiger partial charge is 0.213 e. The van der Waals surface area contributed by atoms with Crippen LogP contribution in [0.3, 0.4) is 0 Å². The number of benzene rings is 1. The minimum absolute atomic E-state index is 0.604. The van der Waals surface area contributed by atoms with Crippen LogP contribution in [0.2, 0.25) is 0 Å². The third kappa shape index (κ3) is 2.16. The lowest BCUT2D eigenvalue weighted by Crippen LogP contribution is -2.01. The monoisotopic (exact) mass is 266 g/mol. The van der Waals surface area contributed by atoms with Crippen LogP contribution in [0.25, 0.3) is 10.9 Å². The van der Waals surface area contributed by atoms with Crippen molar-refractivity contribution in [2.24, 2.45) is 0 Å². The molecule has 0 fully saturated rings. The normalized spacial score (nSPS) is 10.7. The van der Waals surface area contributed by atoms with Gasteiger partial charge in [-0.1, -0.05) is 18.2 Å². The number of hydrogen-bond donors (Lipinski definition) is 0. The highest BCUT2D eigenvalue weighted by Crippen LogP contribution is 2.20. The fourth-order valence-corrected chi connectivity index (χ4v) is 2.32. The van der Waals surface area contributed by atoms with Crippen molar-refractivity contribution in [1.82, 2.24) is 9.55 Å². The van der Waals surface area contributed by atoms with Gasteiger partial charge in [-0.15, -0.1) is 0 Å². The van der Waals surface area contributed by atoms with Crippen molar-refractivity contribution in [3.8, 4) is 5.88 Å². The van der Waals surface area contributed by atoms with Gasteiger partial charge in [0.15, 0.2) is 6.29 Å². The molecule has 4 heteroatoms. The Balaban J connectivity index is 2.00. The van der Waals surface area contributed by atoms with E-state index in [1.807, 2.05) is 48.7 Å². The quantitative estimate of drug-likeness (QED) is 0.682. The number of pyridine rings is 1. The first-order chi connectivity index (χ1) is 9.81. The van der Waals surface area contributed by atoms with Gasteiger partial charge in [0, 0.05) is 28.7 Å². The van der Waals surface area contributed by atoms with Gasteiger partial charge >= 0.3 is 0 Å². The Morgan fingerprint density at radius 3 is 2.85 bits per heavy atom. The summed E-state index contributed by atoms with van der Waals surface area (Å²) in [5.74, 6) is 0.604. The van der Waals surface area contributed by atoms with E-state index in [-0.39, 0.29) is 0 Å². The third-order valence-electron chi connectivity index (χ3n) is 3.30. The first-order valence-corrected chi connectivity index (χ1v) is 6.35. The molecule has 2 aromatic heterocycles. The molecular weight excluding hydrogens is 252 g/mol. The maximum Gasteiger partial charge on any atom is 0.213 e. The zero-order valence-electron chi connectivity index (χ0n) is 11.1.